The quantitative estimate of drug-likeness (QED) is 0.590. The molecule has 2 saturated heterocycles. The van der Waals surface area contributed by atoms with E-state index in [1.165, 1.54) is 0 Å². The Morgan fingerprint density at radius 1 is 1.46 bits per heavy atom. The summed E-state index contributed by atoms with van der Waals surface area (Å²) in [5.41, 5.74) is 0. The van der Waals surface area contributed by atoms with Gasteiger partial charge in [-0.05, 0) is 19.4 Å². The fourth-order valence-corrected chi connectivity index (χ4v) is 2.35. The first kappa shape index (κ1) is 8.97. The molecule has 4 nitrogen and oxygen atoms in total. The van der Waals surface area contributed by atoms with E-state index in [1.807, 2.05) is 0 Å². The molecule has 2 atom stereocenters. The molecule has 0 amide bonds. The zero-order valence-corrected chi connectivity index (χ0v) is 7.70. The third kappa shape index (κ3) is 1.84. The second-order valence-corrected chi connectivity index (χ2v) is 3.96. The van der Waals surface area contributed by atoms with Gasteiger partial charge in [-0.15, -0.1) is 0 Å². The van der Waals surface area contributed by atoms with Crippen molar-refractivity contribution in [1.82, 2.24) is 10.2 Å². The van der Waals surface area contributed by atoms with Crippen LogP contribution in [0.2, 0.25) is 0 Å². The summed E-state index contributed by atoms with van der Waals surface area (Å²) in [6.07, 6.45) is 1.95. The molecule has 0 spiro atoms. The van der Waals surface area contributed by atoms with Gasteiger partial charge in [0.1, 0.15) is 0 Å². The van der Waals surface area contributed by atoms with Crippen molar-refractivity contribution in [2.75, 3.05) is 26.2 Å². The van der Waals surface area contributed by atoms with Crippen molar-refractivity contribution in [3.63, 3.8) is 0 Å². The number of rotatable bonds is 1. The Morgan fingerprint density at radius 2 is 2.31 bits per heavy atom. The van der Waals surface area contributed by atoms with Gasteiger partial charge in [0.2, 0.25) is 0 Å². The lowest BCUT2D eigenvalue weighted by Crippen LogP contribution is -2.31. The minimum atomic E-state index is -0.624. The molecule has 0 aromatic heterocycles. The van der Waals surface area contributed by atoms with E-state index in [1.54, 1.807) is 0 Å². The Hall–Kier alpha value is -0.610. The molecular formula is C9H16N2O2. The van der Waals surface area contributed by atoms with E-state index < -0.39 is 5.97 Å². The van der Waals surface area contributed by atoms with Crippen LogP contribution < -0.4 is 5.32 Å². The average molecular weight is 184 g/mol. The summed E-state index contributed by atoms with van der Waals surface area (Å²) in [4.78, 5) is 13.1. The van der Waals surface area contributed by atoms with Gasteiger partial charge in [0.25, 0.3) is 0 Å². The minimum absolute atomic E-state index is 0.122. The van der Waals surface area contributed by atoms with Crippen molar-refractivity contribution >= 4 is 5.97 Å². The Bertz CT molecular complexity index is 194. The van der Waals surface area contributed by atoms with Gasteiger partial charge in [0.15, 0.2) is 0 Å². The van der Waals surface area contributed by atoms with E-state index in [2.05, 4.69) is 10.2 Å². The average Bonchev–Trinajstić information content (AvgIpc) is 2.38. The van der Waals surface area contributed by atoms with Gasteiger partial charge >= 0.3 is 5.97 Å². The van der Waals surface area contributed by atoms with Gasteiger partial charge in [-0.2, -0.15) is 0 Å². The maximum absolute atomic E-state index is 10.8. The highest BCUT2D eigenvalue weighted by atomic mass is 16.4. The molecule has 0 radical (unpaired) electrons. The van der Waals surface area contributed by atoms with Crippen molar-refractivity contribution in [2.45, 2.75) is 18.9 Å². The van der Waals surface area contributed by atoms with E-state index in [0.29, 0.717) is 6.04 Å². The Balaban J connectivity index is 1.97. The van der Waals surface area contributed by atoms with Crippen LogP contribution in [0.15, 0.2) is 0 Å². The number of hydrogen-bond acceptors (Lipinski definition) is 3. The standard InChI is InChI=1S/C9H16N2O2/c12-9(13)7-5-8-1-2-10-3-4-11(8)6-7/h7-8,10H,1-6H2,(H,12,13). The molecule has 4 heteroatoms. The first-order valence-corrected chi connectivity index (χ1v) is 4.95. The van der Waals surface area contributed by atoms with Crippen LogP contribution in [0.5, 0.6) is 0 Å². The zero-order valence-electron chi connectivity index (χ0n) is 7.70. The predicted molar refractivity (Wildman–Crippen MR) is 48.6 cm³/mol. The van der Waals surface area contributed by atoms with E-state index in [4.69, 9.17) is 5.11 Å². The number of aliphatic carboxylic acids is 1. The molecule has 0 aromatic rings. The molecule has 2 heterocycles. The summed E-state index contributed by atoms with van der Waals surface area (Å²) in [7, 11) is 0. The van der Waals surface area contributed by atoms with E-state index >= 15 is 0 Å². The lowest BCUT2D eigenvalue weighted by atomic mass is 10.0. The van der Waals surface area contributed by atoms with Gasteiger partial charge < -0.3 is 10.4 Å². The van der Waals surface area contributed by atoms with Crippen molar-refractivity contribution < 1.29 is 9.90 Å². The van der Waals surface area contributed by atoms with Crippen LogP contribution in [0.1, 0.15) is 12.8 Å². The summed E-state index contributed by atoms with van der Waals surface area (Å²) in [5, 5.41) is 12.2. The van der Waals surface area contributed by atoms with Gasteiger partial charge in [-0.3, -0.25) is 9.69 Å². The van der Waals surface area contributed by atoms with E-state index in [-0.39, 0.29) is 5.92 Å². The van der Waals surface area contributed by atoms with E-state index in [0.717, 1.165) is 39.0 Å². The highest BCUT2D eigenvalue weighted by Gasteiger charge is 2.35. The molecular weight excluding hydrogens is 168 g/mol. The molecule has 0 aromatic carbocycles. The van der Waals surface area contributed by atoms with Crippen molar-refractivity contribution in [3.8, 4) is 0 Å². The molecule has 0 aliphatic carbocycles. The SMILES string of the molecule is O=C(O)C1CC2CCNCCN2C1. The van der Waals surface area contributed by atoms with Crippen LogP contribution >= 0.6 is 0 Å². The summed E-state index contributed by atoms with van der Waals surface area (Å²) < 4.78 is 0. The van der Waals surface area contributed by atoms with Crippen LogP contribution in [0.25, 0.3) is 0 Å². The van der Waals surface area contributed by atoms with Gasteiger partial charge in [0.05, 0.1) is 5.92 Å². The second-order valence-electron chi connectivity index (χ2n) is 3.96. The fourth-order valence-electron chi connectivity index (χ4n) is 2.35. The number of nitrogens with one attached hydrogen (secondary N) is 1. The number of nitrogens with zero attached hydrogens (tertiary/aromatic N) is 1. The monoisotopic (exact) mass is 184 g/mol. The first-order valence-electron chi connectivity index (χ1n) is 4.95. The lowest BCUT2D eigenvalue weighted by Gasteiger charge is -2.19. The summed E-state index contributed by atoms with van der Waals surface area (Å²) >= 11 is 0. The number of hydrogen-bond donors (Lipinski definition) is 2. The van der Waals surface area contributed by atoms with Crippen molar-refractivity contribution in [3.05, 3.63) is 0 Å². The second kappa shape index (κ2) is 3.64. The summed E-state index contributed by atoms with van der Waals surface area (Å²) in [6.45, 7) is 3.80. The van der Waals surface area contributed by atoms with Crippen LogP contribution in [-0.4, -0.2) is 48.2 Å². The molecule has 0 saturated carbocycles. The molecule has 13 heavy (non-hydrogen) atoms. The maximum Gasteiger partial charge on any atom is 0.307 e. The fraction of sp³-hybridized carbons (Fsp3) is 0.889. The predicted octanol–water partition coefficient (Wildman–Crippen LogP) is -0.245. The molecule has 2 rings (SSSR count). The number of carbonyl (C=O) groups is 1. The molecule has 2 unspecified atom stereocenters. The van der Waals surface area contributed by atoms with Crippen LogP contribution in [0, 0.1) is 5.92 Å². The summed E-state index contributed by atoms with van der Waals surface area (Å²) in [6, 6.07) is 0.510. The van der Waals surface area contributed by atoms with Crippen LogP contribution in [-0.2, 0) is 4.79 Å². The highest BCUT2D eigenvalue weighted by molar-refractivity contribution is 5.70. The van der Waals surface area contributed by atoms with Crippen LogP contribution in [0.4, 0.5) is 0 Å². The summed E-state index contributed by atoms with van der Waals surface area (Å²) in [5.74, 6) is -0.746. The Morgan fingerprint density at radius 3 is 3.08 bits per heavy atom. The molecule has 2 aliphatic rings. The first-order chi connectivity index (χ1) is 6.27. The molecule has 2 aliphatic heterocycles. The zero-order chi connectivity index (χ0) is 9.26. The van der Waals surface area contributed by atoms with Gasteiger partial charge in [-0.1, -0.05) is 0 Å². The lowest BCUT2D eigenvalue weighted by molar-refractivity contribution is -0.141. The highest BCUT2D eigenvalue weighted by Crippen LogP contribution is 2.25. The smallest absolute Gasteiger partial charge is 0.307 e. The Kier molecular flexibility index (Phi) is 2.51. The maximum atomic E-state index is 10.8. The largest absolute Gasteiger partial charge is 0.481 e. The molecule has 2 fully saturated rings. The normalized spacial score (nSPS) is 35.4. The van der Waals surface area contributed by atoms with Crippen LogP contribution in [0.3, 0.4) is 0 Å². The molecule has 2 N–H and O–H groups in total. The van der Waals surface area contributed by atoms with Crippen molar-refractivity contribution in [2.24, 2.45) is 5.92 Å². The molecule has 74 valence electrons. The molecule has 0 bridgehead atoms. The number of fused-ring (bicyclic) bond motifs is 1. The topological polar surface area (TPSA) is 52.6 Å². The minimum Gasteiger partial charge on any atom is -0.481 e. The Labute approximate surface area is 77.9 Å². The third-order valence-corrected chi connectivity index (χ3v) is 3.11. The van der Waals surface area contributed by atoms with E-state index in [9.17, 15) is 4.79 Å². The third-order valence-electron chi connectivity index (χ3n) is 3.11. The van der Waals surface area contributed by atoms with Gasteiger partial charge in [0, 0.05) is 25.7 Å². The van der Waals surface area contributed by atoms with Crippen molar-refractivity contribution in [1.29, 1.82) is 0 Å². The van der Waals surface area contributed by atoms with Gasteiger partial charge in [-0.25, -0.2) is 0 Å². The number of carboxylic acid groups (broad SMARTS) is 1. The number of carboxylic acids is 1.